The summed E-state index contributed by atoms with van der Waals surface area (Å²) in [6.07, 6.45) is 4.91. The quantitative estimate of drug-likeness (QED) is 0.926. The van der Waals surface area contributed by atoms with E-state index in [1.54, 1.807) is 0 Å². The van der Waals surface area contributed by atoms with Crippen LogP contribution in [0.25, 0.3) is 0 Å². The summed E-state index contributed by atoms with van der Waals surface area (Å²) in [6, 6.07) is 9.49. The van der Waals surface area contributed by atoms with Crippen LogP contribution in [0, 0.1) is 0 Å². The Morgan fingerprint density at radius 2 is 2.11 bits per heavy atom. The fraction of sp³-hybridized carbons (Fsp3) is 0.214. The molecule has 94 valence electrons. The number of aromatic nitrogens is 1. The predicted molar refractivity (Wildman–Crippen MR) is 75.6 cm³/mol. The minimum Gasteiger partial charge on any atom is -0.357 e. The fourth-order valence-electron chi connectivity index (χ4n) is 1.77. The van der Waals surface area contributed by atoms with Crippen molar-refractivity contribution in [3.63, 3.8) is 0 Å². The molecule has 3 nitrogen and oxygen atoms in total. The van der Waals surface area contributed by atoms with Gasteiger partial charge in [0.2, 0.25) is 0 Å². The Hall–Kier alpha value is -1.55. The zero-order valence-electron chi connectivity index (χ0n) is 10.2. The summed E-state index contributed by atoms with van der Waals surface area (Å²) >= 11 is 3.37. The topological polar surface area (TPSA) is 34.0 Å². The standard InChI is InChI=1S/C14H15BrN2O/c1-17-9-7-11(10-17)6-8-16-14(18)12-4-2-3-5-13(12)15/h2-5,7,9-10H,6,8H2,1H3,(H,16,18). The van der Waals surface area contributed by atoms with Crippen molar-refractivity contribution in [2.24, 2.45) is 7.05 Å². The highest BCUT2D eigenvalue weighted by Gasteiger charge is 2.08. The lowest BCUT2D eigenvalue weighted by Crippen LogP contribution is -2.25. The number of carbonyl (C=O) groups is 1. The maximum atomic E-state index is 11.9. The molecule has 0 aliphatic heterocycles. The van der Waals surface area contributed by atoms with Crippen molar-refractivity contribution in [2.45, 2.75) is 6.42 Å². The van der Waals surface area contributed by atoms with E-state index in [9.17, 15) is 4.79 Å². The number of rotatable bonds is 4. The molecular weight excluding hydrogens is 292 g/mol. The summed E-state index contributed by atoms with van der Waals surface area (Å²) in [7, 11) is 1.99. The summed E-state index contributed by atoms with van der Waals surface area (Å²) in [5.74, 6) is -0.0431. The summed E-state index contributed by atoms with van der Waals surface area (Å²) in [4.78, 5) is 11.9. The average Bonchev–Trinajstić information content (AvgIpc) is 2.75. The molecule has 0 unspecified atom stereocenters. The van der Waals surface area contributed by atoms with E-state index in [2.05, 4.69) is 33.5 Å². The lowest BCUT2D eigenvalue weighted by molar-refractivity contribution is 0.0953. The third-order valence-corrected chi connectivity index (χ3v) is 3.40. The zero-order valence-corrected chi connectivity index (χ0v) is 11.8. The summed E-state index contributed by atoms with van der Waals surface area (Å²) in [5, 5.41) is 2.92. The molecule has 0 aliphatic carbocycles. The number of amides is 1. The van der Waals surface area contributed by atoms with Crippen LogP contribution in [0.1, 0.15) is 15.9 Å². The minimum atomic E-state index is -0.0431. The van der Waals surface area contributed by atoms with Gasteiger partial charge in [0.05, 0.1) is 5.56 Å². The van der Waals surface area contributed by atoms with Crippen LogP contribution in [-0.2, 0) is 13.5 Å². The largest absolute Gasteiger partial charge is 0.357 e. The first-order valence-corrected chi connectivity index (χ1v) is 6.59. The van der Waals surface area contributed by atoms with Gasteiger partial charge in [-0.05, 0) is 46.1 Å². The van der Waals surface area contributed by atoms with Gasteiger partial charge in [-0.15, -0.1) is 0 Å². The maximum absolute atomic E-state index is 11.9. The maximum Gasteiger partial charge on any atom is 0.252 e. The third kappa shape index (κ3) is 3.23. The van der Waals surface area contributed by atoms with Crippen LogP contribution in [0.3, 0.4) is 0 Å². The number of hydrogen-bond acceptors (Lipinski definition) is 1. The molecule has 0 aliphatic rings. The van der Waals surface area contributed by atoms with E-state index in [4.69, 9.17) is 0 Å². The lowest BCUT2D eigenvalue weighted by Gasteiger charge is -2.06. The smallest absolute Gasteiger partial charge is 0.252 e. The van der Waals surface area contributed by atoms with Gasteiger partial charge >= 0.3 is 0 Å². The second-order valence-electron chi connectivity index (χ2n) is 4.17. The molecule has 0 atom stereocenters. The van der Waals surface area contributed by atoms with E-state index in [1.807, 2.05) is 42.1 Å². The molecule has 1 aromatic heterocycles. The van der Waals surface area contributed by atoms with Crippen molar-refractivity contribution in [2.75, 3.05) is 6.54 Å². The SMILES string of the molecule is Cn1ccc(CCNC(=O)c2ccccc2Br)c1. The van der Waals surface area contributed by atoms with E-state index in [0.29, 0.717) is 12.1 Å². The first kappa shape index (κ1) is 12.9. The number of nitrogens with zero attached hydrogens (tertiary/aromatic N) is 1. The third-order valence-electron chi connectivity index (χ3n) is 2.71. The van der Waals surface area contributed by atoms with Crippen LogP contribution >= 0.6 is 15.9 Å². The highest BCUT2D eigenvalue weighted by Crippen LogP contribution is 2.15. The van der Waals surface area contributed by atoms with Crippen LogP contribution < -0.4 is 5.32 Å². The van der Waals surface area contributed by atoms with Crippen LogP contribution in [0.2, 0.25) is 0 Å². The predicted octanol–water partition coefficient (Wildman–Crippen LogP) is 2.76. The van der Waals surface area contributed by atoms with Crippen LogP contribution in [-0.4, -0.2) is 17.0 Å². The molecule has 0 saturated carbocycles. The van der Waals surface area contributed by atoms with Gasteiger partial charge in [0.1, 0.15) is 0 Å². The molecule has 18 heavy (non-hydrogen) atoms. The molecular formula is C14H15BrN2O. The van der Waals surface area contributed by atoms with Crippen molar-refractivity contribution in [1.29, 1.82) is 0 Å². The molecule has 0 bridgehead atoms. The van der Waals surface area contributed by atoms with Crippen LogP contribution in [0.15, 0.2) is 47.2 Å². The molecule has 0 spiro atoms. The van der Waals surface area contributed by atoms with Crippen molar-refractivity contribution in [3.8, 4) is 0 Å². The van der Waals surface area contributed by atoms with Gasteiger partial charge in [-0.3, -0.25) is 4.79 Å². The first-order chi connectivity index (χ1) is 8.66. The van der Waals surface area contributed by atoms with Gasteiger partial charge in [-0.1, -0.05) is 12.1 Å². The highest BCUT2D eigenvalue weighted by molar-refractivity contribution is 9.10. The van der Waals surface area contributed by atoms with Gasteiger partial charge in [-0.2, -0.15) is 0 Å². The number of aryl methyl sites for hydroxylation is 1. The molecule has 4 heteroatoms. The number of hydrogen-bond donors (Lipinski definition) is 1. The zero-order chi connectivity index (χ0) is 13.0. The van der Waals surface area contributed by atoms with Crippen LogP contribution in [0.4, 0.5) is 0 Å². The molecule has 2 rings (SSSR count). The molecule has 0 radical (unpaired) electrons. The molecule has 0 saturated heterocycles. The second kappa shape index (κ2) is 5.87. The molecule has 1 heterocycles. The Bertz CT molecular complexity index is 548. The summed E-state index contributed by atoms with van der Waals surface area (Å²) < 4.78 is 2.83. The van der Waals surface area contributed by atoms with Gasteiger partial charge in [-0.25, -0.2) is 0 Å². The Kier molecular flexibility index (Phi) is 4.20. The highest BCUT2D eigenvalue weighted by atomic mass is 79.9. The van der Waals surface area contributed by atoms with E-state index in [1.165, 1.54) is 5.56 Å². The van der Waals surface area contributed by atoms with Gasteiger partial charge < -0.3 is 9.88 Å². The van der Waals surface area contributed by atoms with Crippen molar-refractivity contribution >= 4 is 21.8 Å². The van der Waals surface area contributed by atoms with E-state index < -0.39 is 0 Å². The monoisotopic (exact) mass is 306 g/mol. The van der Waals surface area contributed by atoms with E-state index >= 15 is 0 Å². The number of benzene rings is 1. The van der Waals surface area contributed by atoms with Gasteiger partial charge in [0.25, 0.3) is 5.91 Å². The molecule has 1 aromatic carbocycles. The molecule has 1 N–H and O–H groups in total. The Labute approximate surface area is 115 Å². The number of halogens is 1. The van der Waals surface area contributed by atoms with E-state index in [-0.39, 0.29) is 5.91 Å². The molecule has 1 amide bonds. The Morgan fingerprint density at radius 1 is 1.33 bits per heavy atom. The van der Waals surface area contributed by atoms with Crippen molar-refractivity contribution in [1.82, 2.24) is 9.88 Å². The first-order valence-electron chi connectivity index (χ1n) is 5.80. The lowest BCUT2D eigenvalue weighted by atomic mass is 10.2. The number of nitrogens with one attached hydrogen (secondary N) is 1. The second-order valence-corrected chi connectivity index (χ2v) is 5.03. The molecule has 0 fully saturated rings. The molecule has 2 aromatic rings. The van der Waals surface area contributed by atoms with E-state index in [0.717, 1.165) is 10.9 Å². The van der Waals surface area contributed by atoms with Crippen molar-refractivity contribution < 1.29 is 4.79 Å². The van der Waals surface area contributed by atoms with Gasteiger partial charge in [0, 0.05) is 30.5 Å². The number of carbonyl (C=O) groups excluding carboxylic acids is 1. The summed E-state index contributed by atoms with van der Waals surface area (Å²) in [5.41, 5.74) is 1.90. The minimum absolute atomic E-state index is 0.0431. The fourth-order valence-corrected chi connectivity index (χ4v) is 2.23. The average molecular weight is 307 g/mol. The Morgan fingerprint density at radius 3 is 2.78 bits per heavy atom. The normalized spacial score (nSPS) is 10.3. The van der Waals surface area contributed by atoms with Crippen LogP contribution in [0.5, 0.6) is 0 Å². The van der Waals surface area contributed by atoms with Gasteiger partial charge in [0.15, 0.2) is 0 Å². The Balaban J connectivity index is 1.87. The van der Waals surface area contributed by atoms with Crippen molar-refractivity contribution in [3.05, 3.63) is 58.3 Å². The summed E-state index contributed by atoms with van der Waals surface area (Å²) in [6.45, 7) is 0.643.